The van der Waals surface area contributed by atoms with Crippen LogP contribution in [0, 0.1) is 0 Å². The molecule has 1 rings (SSSR count). The highest BCUT2D eigenvalue weighted by molar-refractivity contribution is 5.92. The molecule has 0 saturated carbocycles. The molecule has 1 amide bonds. The summed E-state index contributed by atoms with van der Waals surface area (Å²) in [5, 5.41) is 2.59. The van der Waals surface area contributed by atoms with Gasteiger partial charge in [-0.2, -0.15) is 0 Å². The van der Waals surface area contributed by atoms with Crippen molar-refractivity contribution in [2.75, 3.05) is 25.6 Å². The van der Waals surface area contributed by atoms with Crippen LogP contribution in [-0.4, -0.2) is 38.7 Å². The Balaban J connectivity index is 2.64. The van der Waals surface area contributed by atoms with Crippen LogP contribution in [0.3, 0.4) is 0 Å². The molecule has 0 aliphatic carbocycles. The molecule has 1 unspecified atom stereocenters. The van der Waals surface area contributed by atoms with E-state index >= 15 is 0 Å². The zero-order chi connectivity index (χ0) is 15.0. The van der Waals surface area contributed by atoms with Gasteiger partial charge in [-0.15, -0.1) is 0 Å². The maximum Gasteiger partial charge on any atom is 0.272 e. The van der Waals surface area contributed by atoms with Crippen molar-refractivity contribution < 1.29 is 23.0 Å². The maximum absolute atomic E-state index is 12.1. The fourth-order valence-electron chi connectivity index (χ4n) is 1.52. The molecule has 3 N–H and O–H groups in total. The van der Waals surface area contributed by atoms with Gasteiger partial charge >= 0.3 is 0 Å². The minimum absolute atomic E-state index is 0.0795. The topological polar surface area (TPSA) is 73.6 Å². The van der Waals surface area contributed by atoms with Crippen LogP contribution in [0.5, 0.6) is 5.75 Å². The van der Waals surface area contributed by atoms with Gasteiger partial charge in [0.1, 0.15) is 12.4 Å². The van der Waals surface area contributed by atoms with Crippen molar-refractivity contribution in [3.63, 3.8) is 0 Å². The molecule has 1 aromatic rings. The lowest BCUT2D eigenvalue weighted by Crippen LogP contribution is -2.28. The van der Waals surface area contributed by atoms with E-state index in [0.29, 0.717) is 5.69 Å². The van der Waals surface area contributed by atoms with E-state index in [-0.39, 0.29) is 30.7 Å². The van der Waals surface area contributed by atoms with Gasteiger partial charge in [-0.1, -0.05) is 12.1 Å². The molecule has 0 bridgehead atoms. The number of amides is 1. The summed E-state index contributed by atoms with van der Waals surface area (Å²) in [6.45, 7) is -0.510. The van der Waals surface area contributed by atoms with E-state index in [1.54, 1.807) is 18.2 Å². The number of benzene rings is 1. The Bertz CT molecular complexity index is 426. The normalized spacial score (nSPS) is 12.2. The average molecular weight is 288 g/mol. The fourth-order valence-corrected chi connectivity index (χ4v) is 1.52. The summed E-state index contributed by atoms with van der Waals surface area (Å²) >= 11 is 0. The number of ether oxygens (including phenoxy) is 2. The maximum atomic E-state index is 12.1. The lowest BCUT2D eigenvalue weighted by atomic mass is 10.2. The summed E-state index contributed by atoms with van der Waals surface area (Å²) in [5.74, 6) is -0.127. The Hall–Kier alpha value is -1.73. The van der Waals surface area contributed by atoms with E-state index < -0.39 is 13.0 Å². The van der Waals surface area contributed by atoms with Gasteiger partial charge in [0.05, 0.1) is 18.2 Å². The van der Waals surface area contributed by atoms with Crippen LogP contribution >= 0.6 is 0 Å². The molecule has 0 fully saturated rings. The minimum atomic E-state index is -2.58. The molecule has 0 aliphatic heterocycles. The predicted molar refractivity (Wildman–Crippen MR) is 71.0 cm³/mol. The van der Waals surface area contributed by atoms with Crippen molar-refractivity contribution in [1.82, 2.24) is 0 Å². The Morgan fingerprint density at radius 1 is 1.40 bits per heavy atom. The largest absolute Gasteiger partial charge is 0.485 e. The summed E-state index contributed by atoms with van der Waals surface area (Å²) in [6.07, 6.45) is -2.88. The summed E-state index contributed by atoms with van der Waals surface area (Å²) in [7, 11) is 1.46. The highest BCUT2D eigenvalue weighted by Crippen LogP contribution is 2.24. The van der Waals surface area contributed by atoms with E-state index in [1.165, 1.54) is 13.2 Å². The smallest absolute Gasteiger partial charge is 0.272 e. The van der Waals surface area contributed by atoms with E-state index in [2.05, 4.69) is 5.32 Å². The third kappa shape index (κ3) is 5.50. The number of hydrogen-bond acceptors (Lipinski definition) is 4. The Kier molecular flexibility index (Phi) is 6.89. The van der Waals surface area contributed by atoms with Gasteiger partial charge in [0.15, 0.2) is 0 Å². The molecular weight excluding hydrogens is 270 g/mol. The molecule has 1 atom stereocenters. The molecular formula is C13H18F2N2O3. The first-order valence-corrected chi connectivity index (χ1v) is 6.09. The van der Waals surface area contributed by atoms with Crippen LogP contribution in [0.2, 0.25) is 0 Å². The Morgan fingerprint density at radius 3 is 2.70 bits per heavy atom. The zero-order valence-corrected chi connectivity index (χ0v) is 11.1. The Morgan fingerprint density at radius 2 is 2.10 bits per heavy atom. The summed E-state index contributed by atoms with van der Waals surface area (Å²) in [4.78, 5) is 11.8. The SMILES string of the molecule is COC(CN)CC(=O)Nc1ccccc1OCC(F)F. The van der Waals surface area contributed by atoms with Gasteiger partial charge in [0, 0.05) is 13.7 Å². The number of para-hydroxylation sites is 2. The molecule has 0 radical (unpaired) electrons. The zero-order valence-electron chi connectivity index (χ0n) is 11.1. The third-order valence-electron chi connectivity index (χ3n) is 2.54. The number of anilines is 1. The Labute approximate surface area is 116 Å². The quantitative estimate of drug-likeness (QED) is 0.762. The first-order chi connectivity index (χ1) is 9.56. The first kappa shape index (κ1) is 16.3. The molecule has 0 aliphatic rings. The van der Waals surface area contributed by atoms with E-state index in [4.69, 9.17) is 15.2 Å². The first-order valence-electron chi connectivity index (χ1n) is 6.09. The highest BCUT2D eigenvalue weighted by atomic mass is 19.3. The predicted octanol–water partition coefficient (Wildman–Crippen LogP) is 1.63. The van der Waals surface area contributed by atoms with Gasteiger partial charge in [0.25, 0.3) is 6.43 Å². The lowest BCUT2D eigenvalue weighted by Gasteiger charge is -2.15. The average Bonchev–Trinajstić information content (AvgIpc) is 2.43. The van der Waals surface area contributed by atoms with Crippen LogP contribution in [0.1, 0.15) is 6.42 Å². The molecule has 1 aromatic carbocycles. The van der Waals surface area contributed by atoms with Gasteiger partial charge in [-0.25, -0.2) is 8.78 Å². The number of carbonyl (C=O) groups is 1. The van der Waals surface area contributed by atoms with Crippen LogP contribution < -0.4 is 15.8 Å². The number of halogens is 2. The second-order valence-corrected chi connectivity index (χ2v) is 4.04. The number of rotatable bonds is 8. The second kappa shape index (κ2) is 8.44. The van der Waals surface area contributed by atoms with Gasteiger partial charge in [0.2, 0.25) is 5.91 Å². The van der Waals surface area contributed by atoms with E-state index in [1.807, 2.05) is 0 Å². The van der Waals surface area contributed by atoms with Gasteiger partial charge < -0.3 is 20.5 Å². The molecule has 5 nitrogen and oxygen atoms in total. The number of nitrogens with two attached hydrogens (primary N) is 1. The van der Waals surface area contributed by atoms with Crippen molar-refractivity contribution in [3.05, 3.63) is 24.3 Å². The van der Waals surface area contributed by atoms with Crippen molar-refractivity contribution in [2.24, 2.45) is 5.73 Å². The second-order valence-electron chi connectivity index (χ2n) is 4.04. The van der Waals surface area contributed by atoms with Crippen LogP contribution in [0.25, 0.3) is 0 Å². The highest BCUT2D eigenvalue weighted by Gasteiger charge is 2.14. The number of alkyl halides is 2. The van der Waals surface area contributed by atoms with Crippen molar-refractivity contribution in [1.29, 1.82) is 0 Å². The minimum Gasteiger partial charge on any atom is -0.485 e. The molecule has 7 heteroatoms. The van der Waals surface area contributed by atoms with Crippen molar-refractivity contribution in [2.45, 2.75) is 19.0 Å². The van der Waals surface area contributed by atoms with Crippen LogP contribution in [0.15, 0.2) is 24.3 Å². The monoisotopic (exact) mass is 288 g/mol. The van der Waals surface area contributed by atoms with Crippen LogP contribution in [-0.2, 0) is 9.53 Å². The summed E-state index contributed by atoms with van der Waals surface area (Å²) < 4.78 is 34.2. The summed E-state index contributed by atoms with van der Waals surface area (Å²) in [6, 6.07) is 6.38. The van der Waals surface area contributed by atoms with E-state index in [9.17, 15) is 13.6 Å². The standard InChI is InChI=1S/C13H18F2N2O3/c1-19-9(7-16)6-13(18)17-10-4-2-3-5-11(10)20-8-12(14)15/h2-5,9,12H,6-8,16H2,1H3,(H,17,18). The van der Waals surface area contributed by atoms with Gasteiger partial charge in [-0.05, 0) is 12.1 Å². The number of carbonyl (C=O) groups excluding carboxylic acids is 1. The fraction of sp³-hybridized carbons (Fsp3) is 0.462. The lowest BCUT2D eigenvalue weighted by molar-refractivity contribution is -0.118. The number of hydrogen-bond donors (Lipinski definition) is 2. The number of nitrogens with one attached hydrogen (secondary N) is 1. The summed E-state index contributed by atoms with van der Waals surface area (Å²) in [5.41, 5.74) is 5.76. The van der Waals surface area contributed by atoms with E-state index in [0.717, 1.165) is 0 Å². The molecule has 0 spiro atoms. The third-order valence-corrected chi connectivity index (χ3v) is 2.54. The molecule has 0 saturated heterocycles. The molecule has 0 heterocycles. The van der Waals surface area contributed by atoms with Gasteiger partial charge in [-0.3, -0.25) is 4.79 Å². The number of methoxy groups -OCH3 is 1. The van der Waals surface area contributed by atoms with Crippen molar-refractivity contribution in [3.8, 4) is 5.75 Å². The molecule has 20 heavy (non-hydrogen) atoms. The molecule has 0 aromatic heterocycles. The van der Waals surface area contributed by atoms with Crippen LogP contribution in [0.4, 0.5) is 14.5 Å². The van der Waals surface area contributed by atoms with Crippen molar-refractivity contribution >= 4 is 11.6 Å². The molecule has 112 valence electrons.